The molecule has 13 heavy (non-hydrogen) atoms. The minimum absolute atomic E-state index is 1.11. The van der Waals surface area contributed by atoms with E-state index in [-0.39, 0.29) is 0 Å². The molecule has 0 fully saturated rings. The summed E-state index contributed by atoms with van der Waals surface area (Å²) in [5.74, 6) is 0. The van der Waals surface area contributed by atoms with Crippen LogP contribution in [-0.2, 0) is 6.42 Å². The molecule has 66 valence electrons. The predicted octanol–water partition coefficient (Wildman–Crippen LogP) is 3.51. The lowest BCUT2D eigenvalue weighted by Crippen LogP contribution is -1.91. The molecule has 1 aliphatic rings. The zero-order valence-electron chi connectivity index (χ0n) is 7.74. The van der Waals surface area contributed by atoms with E-state index in [4.69, 9.17) is 0 Å². The zero-order chi connectivity index (χ0) is 8.93. The first kappa shape index (κ1) is 8.31. The van der Waals surface area contributed by atoms with Gasteiger partial charge in [0, 0.05) is 0 Å². The summed E-state index contributed by atoms with van der Waals surface area (Å²) in [6, 6.07) is 10.7. The van der Waals surface area contributed by atoms with Gasteiger partial charge in [-0.25, -0.2) is 0 Å². The fourth-order valence-electron chi connectivity index (χ4n) is 1.65. The number of hydrogen-bond donors (Lipinski definition) is 0. The molecule has 0 saturated carbocycles. The van der Waals surface area contributed by atoms with Crippen molar-refractivity contribution in [1.29, 1.82) is 0 Å². The first-order chi connectivity index (χ1) is 6.45. The van der Waals surface area contributed by atoms with E-state index in [2.05, 4.69) is 48.6 Å². The van der Waals surface area contributed by atoms with Crippen molar-refractivity contribution in [2.45, 2.75) is 19.3 Å². The molecule has 0 N–H and O–H groups in total. The number of rotatable bonds is 2. The number of hydrogen-bond acceptors (Lipinski definition) is 0. The molecule has 0 spiro atoms. The smallest absolute Gasteiger partial charge is 0.00639 e. The summed E-state index contributed by atoms with van der Waals surface area (Å²) in [6.45, 7) is 0. The molecule has 0 bridgehead atoms. The van der Waals surface area contributed by atoms with Crippen LogP contribution in [0.4, 0.5) is 0 Å². The Bertz CT molecular complexity index is 317. The second-order valence-electron chi connectivity index (χ2n) is 3.44. The van der Waals surface area contributed by atoms with Crippen LogP contribution in [0.5, 0.6) is 0 Å². The van der Waals surface area contributed by atoms with Gasteiger partial charge in [-0.3, -0.25) is 0 Å². The summed E-state index contributed by atoms with van der Waals surface area (Å²) in [4.78, 5) is 0. The normalized spacial score (nSPS) is 15.5. The van der Waals surface area contributed by atoms with Crippen molar-refractivity contribution < 1.29 is 0 Å². The minimum atomic E-state index is 1.11. The van der Waals surface area contributed by atoms with Crippen LogP contribution in [0.15, 0.2) is 54.1 Å². The lowest BCUT2D eigenvalue weighted by atomic mass is 9.98. The maximum atomic E-state index is 2.34. The molecule has 0 atom stereocenters. The third-order valence-electron chi connectivity index (χ3n) is 2.36. The van der Waals surface area contributed by atoms with Gasteiger partial charge in [0.2, 0.25) is 0 Å². The van der Waals surface area contributed by atoms with Crippen LogP contribution in [0.2, 0.25) is 0 Å². The second-order valence-corrected chi connectivity index (χ2v) is 3.44. The molecule has 0 heteroatoms. The summed E-state index contributed by atoms with van der Waals surface area (Å²) < 4.78 is 0. The fourth-order valence-corrected chi connectivity index (χ4v) is 1.65. The van der Waals surface area contributed by atoms with Crippen molar-refractivity contribution in [1.82, 2.24) is 0 Å². The Hall–Kier alpha value is -1.30. The molecule has 0 aromatic heterocycles. The van der Waals surface area contributed by atoms with Crippen molar-refractivity contribution >= 4 is 0 Å². The van der Waals surface area contributed by atoms with E-state index in [1.807, 2.05) is 0 Å². The van der Waals surface area contributed by atoms with Crippen molar-refractivity contribution in [3.63, 3.8) is 0 Å². The van der Waals surface area contributed by atoms with E-state index in [0.717, 1.165) is 19.3 Å². The van der Waals surface area contributed by atoms with Gasteiger partial charge >= 0.3 is 0 Å². The van der Waals surface area contributed by atoms with Gasteiger partial charge in [-0.1, -0.05) is 54.1 Å². The van der Waals surface area contributed by atoms with Crippen LogP contribution in [0, 0.1) is 0 Å². The van der Waals surface area contributed by atoms with E-state index in [9.17, 15) is 0 Å². The lowest BCUT2D eigenvalue weighted by molar-refractivity contribution is 1.02. The molecule has 0 heterocycles. The molecule has 0 unspecified atom stereocenters. The summed E-state index contributed by atoms with van der Waals surface area (Å²) in [7, 11) is 0. The quantitative estimate of drug-likeness (QED) is 0.596. The van der Waals surface area contributed by atoms with E-state index in [0.29, 0.717) is 0 Å². The van der Waals surface area contributed by atoms with E-state index in [1.165, 1.54) is 5.56 Å². The van der Waals surface area contributed by atoms with Crippen molar-refractivity contribution in [3.8, 4) is 0 Å². The largest absolute Gasteiger partial charge is 0.0844 e. The first-order valence-electron chi connectivity index (χ1n) is 4.82. The lowest BCUT2D eigenvalue weighted by Gasteiger charge is -2.07. The molecular weight excluding hydrogens is 156 g/mol. The number of allylic oxidation sites excluding steroid dienone is 4. The molecule has 2 rings (SSSR count). The summed E-state index contributed by atoms with van der Waals surface area (Å²) in [5, 5.41) is 0. The molecular formula is C13H14. The van der Waals surface area contributed by atoms with Crippen molar-refractivity contribution in [3.05, 3.63) is 59.7 Å². The Morgan fingerprint density at radius 2 is 1.85 bits per heavy atom. The molecule has 0 nitrogen and oxygen atoms in total. The van der Waals surface area contributed by atoms with Gasteiger partial charge in [-0.15, -0.1) is 0 Å². The maximum Gasteiger partial charge on any atom is -0.00639 e. The third-order valence-corrected chi connectivity index (χ3v) is 2.36. The van der Waals surface area contributed by atoms with E-state index in [1.54, 1.807) is 5.57 Å². The Labute approximate surface area is 79.6 Å². The second kappa shape index (κ2) is 4.08. The Kier molecular flexibility index (Phi) is 2.61. The first-order valence-corrected chi connectivity index (χ1v) is 4.82. The van der Waals surface area contributed by atoms with Crippen molar-refractivity contribution in [2.24, 2.45) is 0 Å². The minimum Gasteiger partial charge on any atom is -0.0844 e. The average molecular weight is 170 g/mol. The van der Waals surface area contributed by atoms with Crippen molar-refractivity contribution in [2.75, 3.05) is 0 Å². The SMILES string of the molecule is C1=CCC(Cc2ccccc2)=CC1. The Balaban J connectivity index is 2.02. The van der Waals surface area contributed by atoms with Gasteiger partial charge in [-0.05, 0) is 24.8 Å². The standard InChI is InChI=1S/C13H14/c1-3-7-12(8-4-1)11-13-9-5-2-6-10-13/h1-5,7-8,10H,6,9,11H2. The van der Waals surface area contributed by atoms with Crippen LogP contribution in [0.25, 0.3) is 0 Å². The van der Waals surface area contributed by atoms with Crippen LogP contribution in [0.1, 0.15) is 18.4 Å². The summed E-state index contributed by atoms with van der Waals surface area (Å²) in [5.41, 5.74) is 2.97. The molecule has 0 saturated heterocycles. The van der Waals surface area contributed by atoms with Gasteiger partial charge in [0.1, 0.15) is 0 Å². The number of benzene rings is 1. The molecule has 0 aliphatic heterocycles. The molecule has 1 aromatic rings. The van der Waals surface area contributed by atoms with Crippen LogP contribution < -0.4 is 0 Å². The Morgan fingerprint density at radius 3 is 2.54 bits per heavy atom. The topological polar surface area (TPSA) is 0 Å². The van der Waals surface area contributed by atoms with Crippen LogP contribution in [-0.4, -0.2) is 0 Å². The van der Waals surface area contributed by atoms with Gasteiger partial charge in [0.25, 0.3) is 0 Å². The highest BCUT2D eigenvalue weighted by Gasteiger charge is 1.99. The molecule has 1 aliphatic carbocycles. The van der Waals surface area contributed by atoms with Gasteiger partial charge < -0.3 is 0 Å². The van der Waals surface area contributed by atoms with Crippen LogP contribution in [0.3, 0.4) is 0 Å². The van der Waals surface area contributed by atoms with Gasteiger partial charge in [0.05, 0.1) is 0 Å². The highest BCUT2D eigenvalue weighted by molar-refractivity contribution is 5.25. The van der Waals surface area contributed by atoms with E-state index >= 15 is 0 Å². The van der Waals surface area contributed by atoms with E-state index < -0.39 is 0 Å². The van der Waals surface area contributed by atoms with Crippen LogP contribution >= 0.6 is 0 Å². The molecule has 0 amide bonds. The summed E-state index contributed by atoms with van der Waals surface area (Å²) in [6.07, 6.45) is 10.2. The van der Waals surface area contributed by atoms with Gasteiger partial charge in [-0.2, -0.15) is 0 Å². The summed E-state index contributed by atoms with van der Waals surface area (Å²) >= 11 is 0. The monoisotopic (exact) mass is 170 g/mol. The highest BCUT2D eigenvalue weighted by atomic mass is 14.0. The zero-order valence-corrected chi connectivity index (χ0v) is 7.74. The average Bonchev–Trinajstić information content (AvgIpc) is 2.21. The third kappa shape index (κ3) is 2.32. The fraction of sp³-hybridized carbons (Fsp3) is 0.231. The molecule has 1 aromatic carbocycles. The predicted molar refractivity (Wildman–Crippen MR) is 56.6 cm³/mol. The Morgan fingerprint density at radius 1 is 1.00 bits per heavy atom. The molecule has 0 radical (unpaired) electrons. The van der Waals surface area contributed by atoms with Gasteiger partial charge in [0.15, 0.2) is 0 Å². The highest BCUT2D eigenvalue weighted by Crippen LogP contribution is 2.16. The maximum absolute atomic E-state index is 2.34.